The highest BCUT2D eigenvalue weighted by Gasteiger charge is 2.13. The first-order valence-electron chi connectivity index (χ1n) is 6.85. The molecule has 1 N–H and O–H groups in total. The van der Waals surface area contributed by atoms with Crippen molar-refractivity contribution in [2.45, 2.75) is 11.4 Å². The lowest BCUT2D eigenvalue weighted by atomic mass is 10.2. The van der Waals surface area contributed by atoms with E-state index in [1.54, 1.807) is 18.2 Å². The molecule has 0 saturated heterocycles. The van der Waals surface area contributed by atoms with Crippen LogP contribution in [0.15, 0.2) is 41.3 Å². The summed E-state index contributed by atoms with van der Waals surface area (Å²) < 4.78 is 10.6. The minimum absolute atomic E-state index is 0.0799. The molecule has 1 heterocycles. The molecule has 1 aliphatic heterocycles. The first-order chi connectivity index (χ1) is 11.1. The molecular formula is C16H13Cl2NO3S. The first-order valence-corrected chi connectivity index (χ1v) is 8.59. The number of benzene rings is 2. The summed E-state index contributed by atoms with van der Waals surface area (Å²) in [5, 5.41) is 4.04. The molecular weight excluding hydrogens is 357 g/mol. The molecule has 0 atom stereocenters. The van der Waals surface area contributed by atoms with Gasteiger partial charge < -0.3 is 14.8 Å². The van der Waals surface area contributed by atoms with Gasteiger partial charge >= 0.3 is 0 Å². The molecule has 3 rings (SSSR count). The second-order valence-electron chi connectivity index (χ2n) is 4.83. The lowest BCUT2D eigenvalue weighted by Gasteiger charge is -2.07. The molecule has 120 valence electrons. The highest BCUT2D eigenvalue weighted by atomic mass is 35.5. The zero-order valence-electron chi connectivity index (χ0n) is 12.0. The van der Waals surface area contributed by atoms with E-state index in [1.807, 2.05) is 18.2 Å². The smallest absolute Gasteiger partial charge is 0.231 e. The van der Waals surface area contributed by atoms with Crippen LogP contribution in [0.5, 0.6) is 11.5 Å². The number of hydrogen-bond donors (Lipinski definition) is 1. The number of hydrogen-bond acceptors (Lipinski definition) is 4. The summed E-state index contributed by atoms with van der Waals surface area (Å²) >= 11 is 13.3. The summed E-state index contributed by atoms with van der Waals surface area (Å²) in [6, 6.07) is 10.8. The molecule has 4 nitrogen and oxygen atoms in total. The lowest BCUT2D eigenvalue weighted by molar-refractivity contribution is -0.118. The van der Waals surface area contributed by atoms with E-state index < -0.39 is 0 Å². The van der Waals surface area contributed by atoms with Crippen molar-refractivity contribution in [1.29, 1.82) is 0 Å². The van der Waals surface area contributed by atoms with Gasteiger partial charge in [-0.25, -0.2) is 0 Å². The Morgan fingerprint density at radius 2 is 1.96 bits per heavy atom. The van der Waals surface area contributed by atoms with Crippen LogP contribution in [0.3, 0.4) is 0 Å². The molecule has 1 aliphatic rings. The van der Waals surface area contributed by atoms with Gasteiger partial charge in [0.25, 0.3) is 0 Å². The summed E-state index contributed by atoms with van der Waals surface area (Å²) in [4.78, 5) is 12.7. The van der Waals surface area contributed by atoms with Crippen LogP contribution >= 0.6 is 35.0 Å². The molecule has 0 aliphatic carbocycles. The topological polar surface area (TPSA) is 47.6 Å². The summed E-state index contributed by atoms with van der Waals surface area (Å²) in [7, 11) is 0. The Hall–Kier alpha value is -1.56. The molecule has 0 aromatic heterocycles. The van der Waals surface area contributed by atoms with Crippen LogP contribution in [0.4, 0.5) is 0 Å². The Morgan fingerprint density at radius 3 is 2.83 bits per heavy atom. The van der Waals surface area contributed by atoms with E-state index in [0.29, 0.717) is 22.3 Å². The van der Waals surface area contributed by atoms with E-state index in [2.05, 4.69) is 5.32 Å². The quantitative estimate of drug-likeness (QED) is 0.804. The number of rotatable bonds is 5. The van der Waals surface area contributed by atoms with Crippen LogP contribution < -0.4 is 14.8 Å². The standard InChI is InChI=1S/C16H13Cl2NO3S/c17-11-2-3-12(18)15(6-11)23-8-16(20)19-7-10-1-4-13-14(5-10)22-9-21-13/h1-6H,7-9H2,(H,19,20). The number of ether oxygens (including phenoxy) is 2. The maximum atomic E-state index is 12.0. The molecule has 0 radical (unpaired) electrons. The van der Waals surface area contributed by atoms with E-state index in [1.165, 1.54) is 11.8 Å². The number of carbonyl (C=O) groups excluding carboxylic acids is 1. The Labute approximate surface area is 148 Å². The van der Waals surface area contributed by atoms with E-state index in [4.69, 9.17) is 32.7 Å². The minimum atomic E-state index is -0.0799. The Kier molecular flexibility index (Phi) is 5.20. The van der Waals surface area contributed by atoms with E-state index >= 15 is 0 Å². The molecule has 0 spiro atoms. The SMILES string of the molecule is O=C(CSc1cc(Cl)ccc1Cl)NCc1ccc2c(c1)OCO2. The number of halogens is 2. The summed E-state index contributed by atoms with van der Waals surface area (Å²) in [5.41, 5.74) is 0.952. The molecule has 2 aromatic carbocycles. The van der Waals surface area contributed by atoms with Crippen molar-refractivity contribution >= 4 is 40.9 Å². The van der Waals surface area contributed by atoms with Gasteiger partial charge in [-0.05, 0) is 35.9 Å². The van der Waals surface area contributed by atoms with Crippen LogP contribution in [0, 0.1) is 0 Å². The van der Waals surface area contributed by atoms with Gasteiger partial charge in [-0.15, -0.1) is 11.8 Å². The molecule has 2 aromatic rings. The molecule has 0 unspecified atom stereocenters. The maximum Gasteiger partial charge on any atom is 0.231 e. The lowest BCUT2D eigenvalue weighted by Crippen LogP contribution is -2.24. The van der Waals surface area contributed by atoms with Crippen LogP contribution in [0.1, 0.15) is 5.56 Å². The first kappa shape index (κ1) is 16.3. The zero-order valence-corrected chi connectivity index (χ0v) is 14.3. The number of nitrogens with one attached hydrogen (secondary N) is 1. The Bertz CT molecular complexity index is 739. The highest BCUT2D eigenvalue weighted by molar-refractivity contribution is 8.00. The van der Waals surface area contributed by atoms with Gasteiger partial charge in [0.15, 0.2) is 11.5 Å². The Balaban J connectivity index is 1.51. The summed E-state index contributed by atoms with van der Waals surface area (Å²) in [6.45, 7) is 0.668. The molecule has 1 amide bonds. The van der Waals surface area contributed by atoms with Crippen molar-refractivity contribution < 1.29 is 14.3 Å². The predicted octanol–water partition coefficient (Wildman–Crippen LogP) is 4.13. The fourth-order valence-corrected chi connectivity index (χ4v) is 3.36. The monoisotopic (exact) mass is 369 g/mol. The third kappa shape index (κ3) is 4.25. The van der Waals surface area contributed by atoms with Gasteiger partial charge in [0.05, 0.1) is 10.8 Å². The van der Waals surface area contributed by atoms with Crippen molar-refractivity contribution in [3.05, 3.63) is 52.0 Å². The molecule has 0 saturated carbocycles. The van der Waals surface area contributed by atoms with E-state index in [-0.39, 0.29) is 18.5 Å². The molecule has 23 heavy (non-hydrogen) atoms. The molecule has 0 fully saturated rings. The maximum absolute atomic E-state index is 12.0. The van der Waals surface area contributed by atoms with Gasteiger partial charge in [0, 0.05) is 16.5 Å². The third-order valence-corrected chi connectivity index (χ3v) is 4.91. The van der Waals surface area contributed by atoms with Gasteiger partial charge in [-0.3, -0.25) is 4.79 Å². The van der Waals surface area contributed by atoms with Crippen molar-refractivity contribution in [3.63, 3.8) is 0 Å². The van der Waals surface area contributed by atoms with Crippen molar-refractivity contribution in [2.75, 3.05) is 12.5 Å². The van der Waals surface area contributed by atoms with Crippen molar-refractivity contribution in [1.82, 2.24) is 5.32 Å². The van der Waals surface area contributed by atoms with Gasteiger partial charge in [0.1, 0.15) is 0 Å². The summed E-state index contributed by atoms with van der Waals surface area (Å²) in [6.07, 6.45) is 0. The third-order valence-electron chi connectivity index (χ3n) is 3.18. The average Bonchev–Trinajstić information content (AvgIpc) is 3.01. The van der Waals surface area contributed by atoms with Crippen LogP contribution in [0.2, 0.25) is 10.0 Å². The van der Waals surface area contributed by atoms with Crippen LogP contribution in [-0.4, -0.2) is 18.5 Å². The number of fused-ring (bicyclic) bond motifs is 1. The fourth-order valence-electron chi connectivity index (χ4n) is 2.03. The predicted molar refractivity (Wildman–Crippen MR) is 91.6 cm³/mol. The fraction of sp³-hybridized carbons (Fsp3) is 0.188. The van der Waals surface area contributed by atoms with Gasteiger partial charge in [-0.2, -0.15) is 0 Å². The largest absolute Gasteiger partial charge is 0.454 e. The van der Waals surface area contributed by atoms with Crippen molar-refractivity contribution in [3.8, 4) is 11.5 Å². The van der Waals surface area contributed by atoms with E-state index in [0.717, 1.165) is 16.2 Å². The second kappa shape index (κ2) is 7.34. The normalized spacial score (nSPS) is 12.3. The second-order valence-corrected chi connectivity index (χ2v) is 6.69. The average molecular weight is 370 g/mol. The number of thioether (sulfide) groups is 1. The summed E-state index contributed by atoms with van der Waals surface area (Å²) in [5.74, 6) is 1.62. The molecule has 7 heteroatoms. The van der Waals surface area contributed by atoms with Gasteiger partial charge in [-0.1, -0.05) is 29.3 Å². The van der Waals surface area contributed by atoms with E-state index in [9.17, 15) is 4.79 Å². The minimum Gasteiger partial charge on any atom is -0.454 e. The van der Waals surface area contributed by atoms with Crippen LogP contribution in [0.25, 0.3) is 0 Å². The Morgan fingerprint density at radius 1 is 1.13 bits per heavy atom. The van der Waals surface area contributed by atoms with Crippen LogP contribution in [-0.2, 0) is 11.3 Å². The number of carbonyl (C=O) groups is 1. The number of amides is 1. The van der Waals surface area contributed by atoms with Crippen molar-refractivity contribution in [2.24, 2.45) is 0 Å². The highest BCUT2D eigenvalue weighted by Crippen LogP contribution is 2.32. The van der Waals surface area contributed by atoms with Gasteiger partial charge in [0.2, 0.25) is 12.7 Å². The zero-order chi connectivity index (χ0) is 16.2. The molecule has 0 bridgehead atoms.